The van der Waals surface area contributed by atoms with Crippen molar-refractivity contribution < 1.29 is 8.42 Å². The van der Waals surface area contributed by atoms with Crippen molar-refractivity contribution in [2.24, 2.45) is 0 Å². The molecule has 0 unspecified atom stereocenters. The summed E-state index contributed by atoms with van der Waals surface area (Å²) in [4.78, 5) is 0. The number of thiophene rings is 2. The lowest BCUT2D eigenvalue weighted by molar-refractivity contribution is 0.583. The molecule has 0 aromatic carbocycles. The molecule has 0 radical (unpaired) electrons. The van der Waals surface area contributed by atoms with Crippen LogP contribution >= 0.6 is 22.7 Å². The lowest BCUT2D eigenvalue weighted by Crippen LogP contribution is -2.22. The first-order chi connectivity index (χ1) is 8.62. The van der Waals surface area contributed by atoms with Gasteiger partial charge in [0.25, 0.3) is 0 Å². The summed E-state index contributed by atoms with van der Waals surface area (Å²) >= 11 is 2.80. The Bertz CT molecular complexity index is 588. The number of sulfonamides is 1. The second-order valence-corrected chi connectivity index (χ2v) is 7.45. The summed E-state index contributed by atoms with van der Waals surface area (Å²) in [5, 5.41) is 8.72. The molecular weight excluding hydrogens is 288 g/mol. The average molecular weight is 302 g/mol. The van der Waals surface area contributed by atoms with Crippen molar-refractivity contribution in [3.05, 3.63) is 39.4 Å². The lowest BCUT2D eigenvalue weighted by atomic mass is 10.3. The number of rotatable bonds is 6. The Kier molecular flexibility index (Phi) is 4.52. The Morgan fingerprint density at radius 2 is 2.06 bits per heavy atom. The van der Waals surface area contributed by atoms with E-state index in [-0.39, 0.29) is 0 Å². The van der Waals surface area contributed by atoms with Gasteiger partial charge in [-0.05, 0) is 46.4 Å². The van der Waals surface area contributed by atoms with Crippen LogP contribution in [0.3, 0.4) is 0 Å². The summed E-state index contributed by atoms with van der Waals surface area (Å²) in [6, 6.07) is 3.62. The Hall–Kier alpha value is -0.730. The topological polar surface area (TPSA) is 58.2 Å². The van der Waals surface area contributed by atoms with Gasteiger partial charge in [0.2, 0.25) is 10.0 Å². The molecule has 2 heterocycles. The molecule has 0 aliphatic heterocycles. The van der Waals surface area contributed by atoms with Crippen LogP contribution in [0.25, 0.3) is 0 Å². The van der Waals surface area contributed by atoms with Crippen molar-refractivity contribution >= 4 is 32.7 Å². The molecule has 2 aromatic heterocycles. The molecule has 0 spiro atoms. The summed E-state index contributed by atoms with van der Waals surface area (Å²) in [6.45, 7) is 1.02. The molecule has 98 valence electrons. The third-order valence-corrected chi connectivity index (χ3v) is 5.94. The molecule has 0 amide bonds. The summed E-state index contributed by atoms with van der Waals surface area (Å²) in [7, 11) is -1.55. The van der Waals surface area contributed by atoms with E-state index in [4.69, 9.17) is 0 Å². The van der Waals surface area contributed by atoms with Crippen LogP contribution in [0, 0.1) is 0 Å². The summed E-state index contributed by atoms with van der Waals surface area (Å²) < 4.78 is 27.0. The van der Waals surface area contributed by atoms with E-state index < -0.39 is 10.0 Å². The van der Waals surface area contributed by atoms with Crippen molar-refractivity contribution in [1.29, 1.82) is 0 Å². The van der Waals surface area contributed by atoms with E-state index in [1.807, 2.05) is 29.3 Å². The number of hydrogen-bond acceptors (Lipinski definition) is 5. The Morgan fingerprint density at radius 1 is 1.22 bits per heavy atom. The quantitative estimate of drug-likeness (QED) is 0.858. The van der Waals surface area contributed by atoms with E-state index in [1.54, 1.807) is 17.4 Å². The molecule has 0 aliphatic rings. The molecule has 7 heteroatoms. The monoisotopic (exact) mass is 302 g/mol. The third-order valence-electron chi connectivity index (χ3n) is 2.32. The highest BCUT2D eigenvalue weighted by Crippen LogP contribution is 2.20. The van der Waals surface area contributed by atoms with Crippen LogP contribution in [0.1, 0.15) is 11.1 Å². The molecule has 0 atom stereocenters. The Balaban J connectivity index is 2.05. The van der Waals surface area contributed by atoms with Gasteiger partial charge in [-0.15, -0.1) is 11.3 Å². The Morgan fingerprint density at radius 3 is 2.72 bits per heavy atom. The molecular formula is C11H14N2O2S3. The molecule has 2 rings (SSSR count). The molecule has 0 saturated heterocycles. The highest BCUT2D eigenvalue weighted by atomic mass is 32.2. The van der Waals surface area contributed by atoms with Gasteiger partial charge in [0.1, 0.15) is 4.21 Å². The van der Waals surface area contributed by atoms with E-state index in [0.717, 1.165) is 11.1 Å². The van der Waals surface area contributed by atoms with Crippen LogP contribution in [0.15, 0.2) is 32.5 Å². The van der Waals surface area contributed by atoms with Crippen LogP contribution in [0.2, 0.25) is 0 Å². The van der Waals surface area contributed by atoms with Gasteiger partial charge in [-0.1, -0.05) is 0 Å². The van der Waals surface area contributed by atoms with E-state index in [2.05, 4.69) is 10.0 Å². The van der Waals surface area contributed by atoms with E-state index >= 15 is 0 Å². The van der Waals surface area contributed by atoms with Crippen molar-refractivity contribution in [1.82, 2.24) is 10.0 Å². The van der Waals surface area contributed by atoms with E-state index in [1.165, 1.54) is 11.3 Å². The summed E-state index contributed by atoms with van der Waals surface area (Å²) in [5.41, 5.74) is 1.97. The fraction of sp³-hybridized carbons (Fsp3) is 0.273. The van der Waals surface area contributed by atoms with E-state index in [9.17, 15) is 8.42 Å². The first-order valence-electron chi connectivity index (χ1n) is 5.34. The van der Waals surface area contributed by atoms with Crippen LogP contribution < -0.4 is 10.0 Å². The minimum Gasteiger partial charge on any atom is -0.316 e. The fourth-order valence-corrected chi connectivity index (χ4v) is 4.37. The highest BCUT2D eigenvalue weighted by Gasteiger charge is 2.16. The molecule has 2 aromatic rings. The smallest absolute Gasteiger partial charge is 0.250 e. The van der Waals surface area contributed by atoms with Gasteiger partial charge in [0, 0.05) is 13.1 Å². The van der Waals surface area contributed by atoms with Gasteiger partial charge in [-0.25, -0.2) is 13.1 Å². The third kappa shape index (κ3) is 3.39. The van der Waals surface area contributed by atoms with Crippen molar-refractivity contribution in [3.63, 3.8) is 0 Å². The zero-order valence-electron chi connectivity index (χ0n) is 9.84. The minimum atomic E-state index is -3.39. The maximum Gasteiger partial charge on any atom is 0.250 e. The summed E-state index contributed by atoms with van der Waals surface area (Å²) in [5.74, 6) is 0. The second-order valence-electron chi connectivity index (χ2n) is 3.76. The predicted molar refractivity (Wildman–Crippen MR) is 75.4 cm³/mol. The van der Waals surface area contributed by atoms with Crippen LogP contribution in [0.4, 0.5) is 0 Å². The van der Waals surface area contributed by atoms with Crippen molar-refractivity contribution in [3.8, 4) is 0 Å². The van der Waals surface area contributed by atoms with Crippen LogP contribution in [-0.2, 0) is 23.1 Å². The fourth-order valence-electron chi connectivity index (χ4n) is 1.43. The minimum absolute atomic E-state index is 0.338. The number of nitrogens with one attached hydrogen (secondary N) is 2. The molecule has 0 aliphatic carbocycles. The second kappa shape index (κ2) is 5.94. The standard InChI is InChI=1S/C11H14N2O2S3/c1-12-5-10-4-11(17-8-10)18(14,15)13-6-9-2-3-16-7-9/h2-4,7-8,12-13H,5-6H2,1H3. The summed E-state index contributed by atoms with van der Waals surface area (Å²) in [6.07, 6.45) is 0. The van der Waals surface area contributed by atoms with Gasteiger partial charge in [-0.3, -0.25) is 0 Å². The first-order valence-corrected chi connectivity index (χ1v) is 8.65. The predicted octanol–water partition coefficient (Wildman–Crippen LogP) is 2.01. The highest BCUT2D eigenvalue weighted by molar-refractivity contribution is 7.91. The molecule has 4 nitrogen and oxygen atoms in total. The molecule has 0 saturated carbocycles. The molecule has 0 fully saturated rings. The van der Waals surface area contributed by atoms with Gasteiger partial charge in [-0.2, -0.15) is 11.3 Å². The van der Waals surface area contributed by atoms with Gasteiger partial charge in [0.05, 0.1) is 0 Å². The molecule has 18 heavy (non-hydrogen) atoms. The maximum absolute atomic E-state index is 12.0. The Labute approximate surface area is 115 Å². The average Bonchev–Trinajstić information content (AvgIpc) is 2.98. The van der Waals surface area contributed by atoms with Crippen molar-refractivity contribution in [2.75, 3.05) is 7.05 Å². The van der Waals surface area contributed by atoms with Crippen LogP contribution in [0.5, 0.6) is 0 Å². The van der Waals surface area contributed by atoms with Gasteiger partial charge in [0.15, 0.2) is 0 Å². The maximum atomic E-state index is 12.0. The molecule has 2 N–H and O–H groups in total. The zero-order valence-corrected chi connectivity index (χ0v) is 12.3. The first kappa shape index (κ1) is 13.7. The SMILES string of the molecule is CNCc1csc(S(=O)(=O)NCc2ccsc2)c1. The van der Waals surface area contributed by atoms with Crippen LogP contribution in [-0.4, -0.2) is 15.5 Å². The normalized spacial score (nSPS) is 11.8. The number of hydrogen-bond donors (Lipinski definition) is 2. The largest absolute Gasteiger partial charge is 0.316 e. The van der Waals surface area contributed by atoms with E-state index in [0.29, 0.717) is 17.3 Å². The van der Waals surface area contributed by atoms with Gasteiger partial charge < -0.3 is 5.32 Å². The molecule has 0 bridgehead atoms. The van der Waals surface area contributed by atoms with Gasteiger partial charge >= 0.3 is 0 Å². The lowest BCUT2D eigenvalue weighted by Gasteiger charge is -2.02. The van der Waals surface area contributed by atoms with Crippen molar-refractivity contribution in [2.45, 2.75) is 17.3 Å². The zero-order chi connectivity index (χ0) is 13.0.